The molecular weight excluding hydrogens is 250 g/mol. The predicted molar refractivity (Wildman–Crippen MR) is 82.4 cm³/mol. The maximum Gasteiger partial charge on any atom is 0.161 e. The lowest BCUT2D eigenvalue weighted by molar-refractivity contribution is 0.203. The van der Waals surface area contributed by atoms with Gasteiger partial charge < -0.3 is 9.47 Å². The minimum absolute atomic E-state index is 0.211. The number of nitrogens with zero attached hydrogens (tertiary/aromatic N) is 1. The summed E-state index contributed by atoms with van der Waals surface area (Å²) in [4.78, 5) is 2.39. The minimum Gasteiger partial charge on any atom is -0.490 e. The topological polar surface area (TPSA) is 21.7 Å². The fourth-order valence-electron chi connectivity index (χ4n) is 2.23. The van der Waals surface area contributed by atoms with Crippen LogP contribution >= 0.6 is 0 Å². The number of hydrogen-bond donors (Lipinski definition) is 0. The molecule has 0 saturated heterocycles. The van der Waals surface area contributed by atoms with Crippen LogP contribution in [-0.4, -0.2) is 30.7 Å². The van der Waals surface area contributed by atoms with E-state index in [9.17, 15) is 0 Å². The van der Waals surface area contributed by atoms with Crippen molar-refractivity contribution in [1.82, 2.24) is 4.90 Å². The lowest BCUT2D eigenvalue weighted by Crippen LogP contribution is -2.19. The zero-order valence-electron chi connectivity index (χ0n) is 12.8. The summed E-state index contributed by atoms with van der Waals surface area (Å²) < 4.78 is 11.6. The van der Waals surface area contributed by atoms with E-state index in [1.165, 1.54) is 5.56 Å². The average Bonchev–Trinajstić information content (AvgIpc) is 2.94. The molecule has 1 heterocycles. The molecule has 0 aromatic heterocycles. The quantitative estimate of drug-likeness (QED) is 0.709. The molecule has 1 atom stereocenters. The summed E-state index contributed by atoms with van der Waals surface area (Å²) in [5.74, 6) is 1.71. The molecule has 0 fully saturated rings. The SMILES string of the molecule is CCOc1cc(CN2CC=CC2)ccc1OC(C)CC. The van der Waals surface area contributed by atoms with Gasteiger partial charge in [-0.1, -0.05) is 25.1 Å². The Hall–Kier alpha value is -1.48. The molecule has 1 aliphatic rings. The van der Waals surface area contributed by atoms with Crippen LogP contribution in [0, 0.1) is 0 Å². The maximum absolute atomic E-state index is 5.92. The smallest absolute Gasteiger partial charge is 0.161 e. The highest BCUT2D eigenvalue weighted by atomic mass is 16.5. The molecule has 0 N–H and O–H groups in total. The molecule has 0 aliphatic carbocycles. The van der Waals surface area contributed by atoms with E-state index >= 15 is 0 Å². The lowest BCUT2D eigenvalue weighted by atomic mass is 10.2. The van der Waals surface area contributed by atoms with E-state index in [1.54, 1.807) is 0 Å². The van der Waals surface area contributed by atoms with E-state index in [0.29, 0.717) is 6.61 Å². The van der Waals surface area contributed by atoms with Crippen molar-refractivity contribution in [2.24, 2.45) is 0 Å². The summed E-state index contributed by atoms with van der Waals surface area (Å²) in [5, 5.41) is 0. The summed E-state index contributed by atoms with van der Waals surface area (Å²) in [6.07, 6.45) is 5.63. The molecule has 1 aromatic carbocycles. The molecule has 110 valence electrons. The Morgan fingerprint density at radius 1 is 1.15 bits per heavy atom. The fourth-order valence-corrected chi connectivity index (χ4v) is 2.23. The van der Waals surface area contributed by atoms with Crippen molar-refractivity contribution in [3.8, 4) is 11.5 Å². The normalized spacial score (nSPS) is 16.4. The van der Waals surface area contributed by atoms with Crippen LogP contribution in [0.4, 0.5) is 0 Å². The molecule has 1 aliphatic heterocycles. The number of ether oxygens (including phenoxy) is 2. The molecule has 0 radical (unpaired) electrons. The van der Waals surface area contributed by atoms with Gasteiger partial charge in [-0.2, -0.15) is 0 Å². The van der Waals surface area contributed by atoms with Gasteiger partial charge in [-0.15, -0.1) is 0 Å². The largest absolute Gasteiger partial charge is 0.490 e. The third-order valence-corrected chi connectivity index (χ3v) is 3.51. The number of rotatable bonds is 7. The summed E-state index contributed by atoms with van der Waals surface area (Å²) >= 11 is 0. The second kappa shape index (κ2) is 7.34. The number of hydrogen-bond acceptors (Lipinski definition) is 3. The van der Waals surface area contributed by atoms with Gasteiger partial charge in [-0.05, 0) is 38.0 Å². The van der Waals surface area contributed by atoms with Crippen molar-refractivity contribution in [2.45, 2.75) is 39.8 Å². The van der Waals surface area contributed by atoms with Crippen molar-refractivity contribution in [3.05, 3.63) is 35.9 Å². The van der Waals surface area contributed by atoms with E-state index in [2.05, 4.69) is 43.0 Å². The first-order chi connectivity index (χ1) is 9.72. The van der Waals surface area contributed by atoms with Gasteiger partial charge >= 0.3 is 0 Å². The molecule has 3 nitrogen and oxygen atoms in total. The highest BCUT2D eigenvalue weighted by Gasteiger charge is 2.12. The predicted octanol–water partition coefficient (Wildman–Crippen LogP) is 3.63. The van der Waals surface area contributed by atoms with E-state index in [0.717, 1.165) is 37.6 Å². The average molecular weight is 275 g/mol. The standard InChI is InChI=1S/C17H25NO2/c1-4-14(3)20-16-9-8-15(12-17(16)19-5-2)13-18-10-6-7-11-18/h6-9,12,14H,4-5,10-11,13H2,1-3H3. The van der Waals surface area contributed by atoms with Crippen LogP contribution in [0.1, 0.15) is 32.8 Å². The Kier molecular flexibility index (Phi) is 5.48. The van der Waals surface area contributed by atoms with Gasteiger partial charge in [0.1, 0.15) is 0 Å². The third-order valence-electron chi connectivity index (χ3n) is 3.51. The van der Waals surface area contributed by atoms with Gasteiger partial charge in [0.25, 0.3) is 0 Å². The molecule has 0 bridgehead atoms. The zero-order chi connectivity index (χ0) is 14.4. The summed E-state index contributed by atoms with van der Waals surface area (Å²) in [7, 11) is 0. The van der Waals surface area contributed by atoms with Gasteiger partial charge in [-0.3, -0.25) is 4.90 Å². The Morgan fingerprint density at radius 3 is 2.55 bits per heavy atom. The molecule has 20 heavy (non-hydrogen) atoms. The molecule has 0 amide bonds. The van der Waals surface area contributed by atoms with Crippen molar-refractivity contribution < 1.29 is 9.47 Å². The Labute approximate surface area is 122 Å². The van der Waals surface area contributed by atoms with Gasteiger partial charge in [0.2, 0.25) is 0 Å². The van der Waals surface area contributed by atoms with E-state index in [4.69, 9.17) is 9.47 Å². The first-order valence-corrected chi connectivity index (χ1v) is 7.52. The first kappa shape index (κ1) is 14.9. The van der Waals surface area contributed by atoms with Crippen LogP contribution in [0.3, 0.4) is 0 Å². The Morgan fingerprint density at radius 2 is 1.90 bits per heavy atom. The van der Waals surface area contributed by atoms with Crippen LogP contribution in [0.25, 0.3) is 0 Å². The molecule has 0 saturated carbocycles. The number of benzene rings is 1. The maximum atomic E-state index is 5.92. The van der Waals surface area contributed by atoms with Crippen LogP contribution < -0.4 is 9.47 Å². The third kappa shape index (κ3) is 4.01. The van der Waals surface area contributed by atoms with Gasteiger partial charge in [-0.25, -0.2) is 0 Å². The van der Waals surface area contributed by atoms with Crippen molar-refractivity contribution in [2.75, 3.05) is 19.7 Å². The monoisotopic (exact) mass is 275 g/mol. The second-order valence-corrected chi connectivity index (χ2v) is 5.22. The summed E-state index contributed by atoms with van der Waals surface area (Å²) in [6.45, 7) is 9.90. The summed E-state index contributed by atoms with van der Waals surface area (Å²) in [6, 6.07) is 6.29. The van der Waals surface area contributed by atoms with Crippen molar-refractivity contribution in [3.63, 3.8) is 0 Å². The van der Waals surface area contributed by atoms with Crippen molar-refractivity contribution in [1.29, 1.82) is 0 Å². The van der Waals surface area contributed by atoms with Crippen molar-refractivity contribution >= 4 is 0 Å². The van der Waals surface area contributed by atoms with Crippen LogP contribution in [0.5, 0.6) is 11.5 Å². The van der Waals surface area contributed by atoms with E-state index in [-0.39, 0.29) is 6.10 Å². The van der Waals surface area contributed by atoms with Crippen LogP contribution in [0.15, 0.2) is 30.4 Å². The molecule has 0 spiro atoms. The fraction of sp³-hybridized carbons (Fsp3) is 0.529. The Bertz CT molecular complexity index is 448. The Balaban J connectivity index is 2.09. The highest BCUT2D eigenvalue weighted by molar-refractivity contribution is 5.43. The first-order valence-electron chi connectivity index (χ1n) is 7.52. The van der Waals surface area contributed by atoms with Crippen LogP contribution in [0.2, 0.25) is 0 Å². The second-order valence-electron chi connectivity index (χ2n) is 5.22. The lowest BCUT2D eigenvalue weighted by Gasteiger charge is -2.19. The zero-order valence-corrected chi connectivity index (χ0v) is 12.8. The van der Waals surface area contributed by atoms with E-state index < -0.39 is 0 Å². The summed E-state index contributed by atoms with van der Waals surface area (Å²) in [5.41, 5.74) is 1.27. The molecule has 1 aromatic rings. The molecule has 3 heteroatoms. The molecule has 2 rings (SSSR count). The molecular formula is C17H25NO2. The van der Waals surface area contributed by atoms with Crippen LogP contribution in [-0.2, 0) is 6.54 Å². The molecule has 1 unspecified atom stereocenters. The minimum atomic E-state index is 0.211. The highest BCUT2D eigenvalue weighted by Crippen LogP contribution is 2.30. The van der Waals surface area contributed by atoms with Gasteiger partial charge in [0, 0.05) is 19.6 Å². The van der Waals surface area contributed by atoms with E-state index in [1.807, 2.05) is 13.0 Å². The van der Waals surface area contributed by atoms with Gasteiger partial charge in [0.05, 0.1) is 12.7 Å². The van der Waals surface area contributed by atoms with Gasteiger partial charge in [0.15, 0.2) is 11.5 Å².